The average molecular weight is 921 g/mol. The van der Waals surface area contributed by atoms with Crippen LogP contribution in [0, 0.1) is 12.3 Å². The maximum absolute atomic E-state index is 11.9. The first-order chi connectivity index (χ1) is 33.6. The summed E-state index contributed by atoms with van der Waals surface area (Å²) < 4.78 is 67.3. The van der Waals surface area contributed by atoms with Crippen molar-refractivity contribution < 1.29 is 52.5 Å². The molecule has 0 amide bonds. The summed E-state index contributed by atoms with van der Waals surface area (Å²) in [5.41, 5.74) is 5.67. The smallest absolute Gasteiger partial charge is 0.187 e. The van der Waals surface area contributed by atoms with Crippen molar-refractivity contribution in [2.24, 2.45) is 0 Å². The van der Waals surface area contributed by atoms with E-state index in [0.29, 0.717) is 13.2 Å². The second-order valence-corrected chi connectivity index (χ2v) is 16.7. The van der Waals surface area contributed by atoms with Crippen LogP contribution in [0.25, 0.3) is 0 Å². The highest BCUT2D eigenvalue weighted by Gasteiger charge is 2.54. The van der Waals surface area contributed by atoms with Crippen molar-refractivity contribution in [2.75, 3.05) is 19.8 Å². The van der Waals surface area contributed by atoms with Crippen LogP contribution in [-0.2, 0) is 87.0 Å². The van der Waals surface area contributed by atoms with Crippen molar-refractivity contribution in [1.29, 1.82) is 0 Å². The highest BCUT2D eigenvalue weighted by Crippen LogP contribution is 2.36. The average Bonchev–Trinajstić information content (AvgIpc) is 3.39. The second kappa shape index (κ2) is 26.3. The molecule has 6 aromatic carbocycles. The summed E-state index contributed by atoms with van der Waals surface area (Å²) in [6, 6.07) is 59.1. The van der Waals surface area contributed by atoms with Crippen LogP contribution < -0.4 is 0 Å². The van der Waals surface area contributed by atoms with E-state index in [9.17, 15) is 5.11 Å². The first kappa shape index (κ1) is 48.9. The number of rotatable bonds is 24. The van der Waals surface area contributed by atoms with Gasteiger partial charge in [0.05, 0.1) is 52.9 Å². The molecular formula is C57H60O11. The van der Waals surface area contributed by atoms with Gasteiger partial charge in [0.1, 0.15) is 55.4 Å². The number of hydrogen-bond donors (Lipinski definition) is 1. The SMILES string of the molecule is C#CCO[C@H]1[C@H](OCc2ccccc2)[C@H](OCc2ccccc2)[C@@H](O[C@H]2[C@H](OCc3ccccc3)[C@H](OCc3ccccc3)[C@@H](O)O[C@@H]2COCc2ccccc2)O[C@@H]1COCc1ccccc1. The maximum atomic E-state index is 11.9. The Balaban J connectivity index is 1.17. The van der Waals surface area contributed by atoms with Gasteiger partial charge in [0.2, 0.25) is 0 Å². The molecule has 11 nitrogen and oxygen atoms in total. The van der Waals surface area contributed by atoms with Crippen LogP contribution >= 0.6 is 0 Å². The van der Waals surface area contributed by atoms with Gasteiger partial charge in [-0.15, -0.1) is 6.42 Å². The molecule has 2 fully saturated rings. The van der Waals surface area contributed by atoms with Gasteiger partial charge < -0.3 is 52.5 Å². The zero-order chi connectivity index (χ0) is 46.6. The fourth-order valence-electron chi connectivity index (χ4n) is 8.35. The highest BCUT2D eigenvalue weighted by molar-refractivity contribution is 5.18. The molecule has 11 heteroatoms. The Morgan fingerprint density at radius 1 is 0.382 bits per heavy atom. The summed E-state index contributed by atoms with van der Waals surface area (Å²) in [6.07, 6.45) is -3.71. The lowest BCUT2D eigenvalue weighted by Crippen LogP contribution is -2.66. The lowest BCUT2D eigenvalue weighted by atomic mass is 9.95. The molecule has 1 N–H and O–H groups in total. The van der Waals surface area contributed by atoms with Crippen molar-refractivity contribution >= 4 is 0 Å². The van der Waals surface area contributed by atoms with Crippen LogP contribution in [0.3, 0.4) is 0 Å². The van der Waals surface area contributed by atoms with Crippen LogP contribution in [0.1, 0.15) is 33.4 Å². The largest absolute Gasteiger partial charge is 0.374 e. The van der Waals surface area contributed by atoms with Gasteiger partial charge in [0.25, 0.3) is 0 Å². The van der Waals surface area contributed by atoms with Crippen molar-refractivity contribution in [3.63, 3.8) is 0 Å². The first-order valence-electron chi connectivity index (χ1n) is 23.2. The van der Waals surface area contributed by atoms with Crippen LogP contribution in [0.4, 0.5) is 0 Å². The van der Waals surface area contributed by atoms with Gasteiger partial charge >= 0.3 is 0 Å². The van der Waals surface area contributed by atoms with Crippen LogP contribution in [-0.4, -0.2) is 86.3 Å². The van der Waals surface area contributed by atoms with Gasteiger partial charge in [-0.1, -0.05) is 188 Å². The normalized spacial score (nSPS) is 24.8. The van der Waals surface area contributed by atoms with Crippen molar-refractivity contribution in [2.45, 2.75) is 101 Å². The fourth-order valence-corrected chi connectivity index (χ4v) is 8.35. The van der Waals surface area contributed by atoms with Crippen LogP contribution in [0.2, 0.25) is 0 Å². The maximum Gasteiger partial charge on any atom is 0.187 e. The van der Waals surface area contributed by atoms with Gasteiger partial charge in [-0.3, -0.25) is 0 Å². The number of aliphatic hydroxyl groups excluding tert-OH is 1. The predicted molar refractivity (Wildman–Crippen MR) is 255 cm³/mol. The monoisotopic (exact) mass is 920 g/mol. The summed E-state index contributed by atoms with van der Waals surface area (Å²) in [5.74, 6) is 2.63. The van der Waals surface area contributed by atoms with Crippen LogP contribution in [0.5, 0.6) is 0 Å². The summed E-state index contributed by atoms with van der Waals surface area (Å²) in [6.45, 7) is 1.50. The summed E-state index contributed by atoms with van der Waals surface area (Å²) >= 11 is 0. The number of ether oxygens (including phenoxy) is 10. The third-order valence-electron chi connectivity index (χ3n) is 11.8. The molecule has 0 aliphatic carbocycles. The Labute approximate surface area is 399 Å². The fraction of sp³-hybridized carbons (Fsp3) is 0.333. The Kier molecular flexibility index (Phi) is 18.9. The number of hydrogen-bond acceptors (Lipinski definition) is 11. The van der Waals surface area contributed by atoms with Gasteiger partial charge in [-0.25, -0.2) is 0 Å². The number of terminal acetylenes is 1. The molecule has 10 atom stereocenters. The van der Waals surface area contributed by atoms with E-state index in [-0.39, 0.29) is 46.2 Å². The second-order valence-electron chi connectivity index (χ2n) is 16.7. The Morgan fingerprint density at radius 2 is 0.721 bits per heavy atom. The zero-order valence-electron chi connectivity index (χ0n) is 38.1. The minimum Gasteiger partial charge on any atom is -0.374 e. The van der Waals surface area contributed by atoms with Crippen molar-refractivity contribution in [3.8, 4) is 12.3 Å². The zero-order valence-corrected chi connectivity index (χ0v) is 38.1. The molecule has 0 unspecified atom stereocenters. The molecule has 8 rings (SSSR count). The molecule has 0 bridgehead atoms. The molecule has 2 aliphatic heterocycles. The van der Waals surface area contributed by atoms with E-state index in [1.807, 2.05) is 182 Å². The minimum atomic E-state index is -1.41. The summed E-state index contributed by atoms with van der Waals surface area (Å²) in [7, 11) is 0. The van der Waals surface area contributed by atoms with Crippen molar-refractivity contribution in [1.82, 2.24) is 0 Å². The lowest BCUT2D eigenvalue weighted by Gasteiger charge is -2.49. The van der Waals surface area contributed by atoms with Gasteiger partial charge in [0.15, 0.2) is 12.6 Å². The quantitative estimate of drug-likeness (QED) is 0.0590. The number of aliphatic hydroxyl groups is 1. The topological polar surface area (TPSA) is 113 Å². The molecule has 0 saturated carbocycles. The predicted octanol–water partition coefficient (Wildman–Crippen LogP) is 8.61. The molecule has 2 heterocycles. The van der Waals surface area contributed by atoms with Crippen LogP contribution in [0.15, 0.2) is 182 Å². The standard InChI is InChI=1S/C57H60O11/c1-2-33-61-50-48(40-59-34-42-21-9-3-10-22-42)67-57(55(65-39-47-31-19-8-20-32-47)52(50)62-36-44-25-13-5-14-26-44)68-51-49(41-60-35-43-23-11-4-12-24-43)66-56(58)54(64-38-46-29-17-7-18-30-46)53(51)63-37-45-27-15-6-16-28-45/h1,3-32,48-58H,33-41H2/t48-,49-,50-,51-,52+,53+,54+,55+,56+,57-/m1/s1. The van der Waals surface area contributed by atoms with E-state index in [2.05, 4.69) is 5.92 Å². The third kappa shape index (κ3) is 14.2. The number of benzene rings is 6. The van der Waals surface area contributed by atoms with Gasteiger partial charge in [0, 0.05) is 0 Å². The molecule has 0 radical (unpaired) electrons. The Bertz CT molecular complexity index is 2340. The van der Waals surface area contributed by atoms with E-state index < -0.39 is 61.4 Å². The Hall–Kier alpha value is -5.56. The van der Waals surface area contributed by atoms with Crippen molar-refractivity contribution in [3.05, 3.63) is 215 Å². The molecule has 0 aromatic heterocycles. The summed E-state index contributed by atoms with van der Waals surface area (Å²) in [4.78, 5) is 0. The van der Waals surface area contributed by atoms with E-state index in [1.165, 1.54) is 0 Å². The molecular weight excluding hydrogens is 861 g/mol. The highest BCUT2D eigenvalue weighted by atomic mass is 16.8. The molecule has 68 heavy (non-hydrogen) atoms. The van der Waals surface area contributed by atoms with E-state index in [1.54, 1.807) is 0 Å². The molecule has 0 spiro atoms. The lowest BCUT2D eigenvalue weighted by molar-refractivity contribution is -0.373. The van der Waals surface area contributed by atoms with Gasteiger partial charge in [-0.05, 0) is 33.4 Å². The van der Waals surface area contributed by atoms with E-state index in [4.69, 9.17) is 53.8 Å². The molecule has 2 saturated heterocycles. The first-order valence-corrected chi connectivity index (χ1v) is 23.2. The minimum absolute atomic E-state index is 0.0175. The molecule has 2 aliphatic rings. The Morgan fingerprint density at radius 3 is 1.12 bits per heavy atom. The van der Waals surface area contributed by atoms with Gasteiger partial charge in [-0.2, -0.15) is 0 Å². The van der Waals surface area contributed by atoms with E-state index in [0.717, 1.165) is 33.4 Å². The third-order valence-corrected chi connectivity index (χ3v) is 11.8. The summed E-state index contributed by atoms with van der Waals surface area (Å²) in [5, 5.41) is 11.9. The van der Waals surface area contributed by atoms with E-state index >= 15 is 0 Å². The molecule has 6 aromatic rings. The molecule has 354 valence electrons.